The Hall–Kier alpha value is -3.76. The molecule has 0 amide bonds. The van der Waals surface area contributed by atoms with E-state index >= 15 is 0 Å². The van der Waals surface area contributed by atoms with Crippen LogP contribution in [0.25, 0.3) is 10.9 Å². The van der Waals surface area contributed by atoms with Crippen LogP contribution < -0.4 is 15.0 Å². The third kappa shape index (κ3) is 5.98. The number of non-ortho nitro benzene ring substituents is 1. The van der Waals surface area contributed by atoms with Gasteiger partial charge >= 0.3 is 0 Å². The quantitative estimate of drug-likeness (QED) is 0.133. The predicted octanol–water partition coefficient (Wildman–Crippen LogP) is 6.14. The molecule has 0 N–H and O–H groups in total. The normalized spacial score (nSPS) is 11.2. The summed E-state index contributed by atoms with van der Waals surface area (Å²) >= 11 is 9.92. The van der Waals surface area contributed by atoms with Crippen molar-refractivity contribution in [1.82, 2.24) is 9.66 Å². The highest BCUT2D eigenvalue weighted by molar-refractivity contribution is 9.10. The summed E-state index contributed by atoms with van der Waals surface area (Å²) in [4.78, 5) is 28.3. The number of halogens is 2. The molecule has 190 valence electrons. The maximum Gasteiger partial charge on any atom is 0.282 e. The molecule has 0 atom stereocenters. The fourth-order valence-corrected chi connectivity index (χ4v) is 4.28. The van der Waals surface area contributed by atoms with Gasteiger partial charge in [-0.1, -0.05) is 46.6 Å². The van der Waals surface area contributed by atoms with E-state index in [1.807, 2.05) is 19.9 Å². The molecule has 0 bridgehead atoms. The van der Waals surface area contributed by atoms with E-state index in [4.69, 9.17) is 21.1 Å². The molecule has 1 aromatic heterocycles. The second kappa shape index (κ2) is 11.5. The van der Waals surface area contributed by atoms with E-state index in [1.54, 1.807) is 36.4 Å². The molecule has 0 aliphatic heterocycles. The molecule has 1 heterocycles. The smallest absolute Gasteiger partial charge is 0.282 e. The van der Waals surface area contributed by atoms with Gasteiger partial charge in [-0.25, -0.2) is 4.98 Å². The van der Waals surface area contributed by atoms with Crippen LogP contribution in [0.1, 0.15) is 30.8 Å². The molecule has 0 aliphatic rings. The highest BCUT2D eigenvalue weighted by Crippen LogP contribution is 2.37. The monoisotopic (exact) mass is 584 g/mol. The van der Waals surface area contributed by atoms with Crippen molar-refractivity contribution in [3.8, 4) is 11.5 Å². The summed E-state index contributed by atoms with van der Waals surface area (Å²) in [6, 6.07) is 14.8. The predicted molar refractivity (Wildman–Crippen MR) is 146 cm³/mol. The van der Waals surface area contributed by atoms with Gasteiger partial charge in [0.25, 0.3) is 11.2 Å². The summed E-state index contributed by atoms with van der Waals surface area (Å²) in [5.74, 6) is 1.20. The minimum atomic E-state index is -0.463. The van der Waals surface area contributed by atoms with Gasteiger partial charge in [-0.15, -0.1) is 0 Å². The molecule has 0 fully saturated rings. The number of aryl methyl sites for hydroxylation is 1. The summed E-state index contributed by atoms with van der Waals surface area (Å²) in [7, 11) is 0. The lowest BCUT2D eigenvalue weighted by molar-refractivity contribution is -0.384. The van der Waals surface area contributed by atoms with E-state index < -0.39 is 4.92 Å². The molecule has 4 rings (SSSR count). The lowest BCUT2D eigenvalue weighted by atomic mass is 10.2. The molecule has 0 spiro atoms. The topological polar surface area (TPSA) is 109 Å². The third-order valence-corrected chi connectivity index (χ3v) is 6.12. The van der Waals surface area contributed by atoms with Crippen molar-refractivity contribution in [2.45, 2.75) is 26.9 Å². The lowest BCUT2D eigenvalue weighted by Gasteiger charge is -2.14. The van der Waals surface area contributed by atoms with Crippen LogP contribution in [0.3, 0.4) is 0 Å². The first kappa shape index (κ1) is 26.3. The molecule has 4 aromatic rings. The van der Waals surface area contributed by atoms with E-state index in [0.29, 0.717) is 52.4 Å². The van der Waals surface area contributed by atoms with Crippen LogP contribution in [0.15, 0.2) is 69.0 Å². The number of nitro groups is 1. The molecular formula is C26H22BrClN4O5. The minimum Gasteiger partial charge on any atom is -0.490 e. The Labute approximate surface area is 225 Å². The number of nitrogens with zero attached hydrogens (tertiary/aromatic N) is 4. The molecule has 0 saturated heterocycles. The van der Waals surface area contributed by atoms with Crippen molar-refractivity contribution in [3.05, 3.63) is 102 Å². The number of fused-ring (bicyclic) bond motifs is 1. The van der Waals surface area contributed by atoms with Crippen LogP contribution in [-0.4, -0.2) is 27.4 Å². The first-order chi connectivity index (χ1) is 17.8. The zero-order valence-corrected chi connectivity index (χ0v) is 22.3. The molecule has 3 aromatic carbocycles. The van der Waals surface area contributed by atoms with E-state index in [-0.39, 0.29) is 22.9 Å². The Morgan fingerprint density at radius 1 is 1.16 bits per heavy atom. The minimum absolute atomic E-state index is 0.0268. The highest BCUT2D eigenvalue weighted by atomic mass is 79.9. The van der Waals surface area contributed by atoms with Gasteiger partial charge in [-0.2, -0.15) is 9.78 Å². The summed E-state index contributed by atoms with van der Waals surface area (Å²) in [5.41, 5.74) is 1.48. The largest absolute Gasteiger partial charge is 0.490 e. The fourth-order valence-electron chi connectivity index (χ4n) is 3.65. The Bertz CT molecular complexity index is 1570. The highest BCUT2D eigenvalue weighted by Gasteiger charge is 2.15. The number of aromatic nitrogens is 2. The SMILES string of the molecule is CCOc1cc(C=Nn2c(CC)nc3ccc(Br)cc3c2=O)cc(Cl)c1OCc1cccc([N+](=O)[O-])c1. The molecule has 11 heteroatoms. The second-order valence-corrected chi connectivity index (χ2v) is 9.21. The summed E-state index contributed by atoms with van der Waals surface area (Å²) in [6.07, 6.45) is 2.01. The number of benzene rings is 3. The first-order valence-electron chi connectivity index (χ1n) is 11.4. The van der Waals surface area contributed by atoms with Crippen molar-refractivity contribution in [2.24, 2.45) is 5.10 Å². The van der Waals surface area contributed by atoms with Crippen LogP contribution >= 0.6 is 27.5 Å². The standard InChI is InChI=1S/C26H22BrClN4O5/c1-3-24-30-22-9-8-18(27)13-20(22)26(33)31(24)29-14-17-11-21(28)25(23(12-17)36-4-2)37-15-16-6-5-7-19(10-16)32(34)35/h5-14H,3-4,15H2,1-2H3. The van der Waals surface area contributed by atoms with E-state index in [9.17, 15) is 14.9 Å². The first-order valence-corrected chi connectivity index (χ1v) is 12.6. The van der Waals surface area contributed by atoms with Gasteiger partial charge in [-0.05, 0) is 48.4 Å². The molecule has 0 saturated carbocycles. The molecule has 37 heavy (non-hydrogen) atoms. The average molecular weight is 586 g/mol. The van der Waals surface area contributed by atoms with E-state index in [2.05, 4.69) is 26.0 Å². The lowest BCUT2D eigenvalue weighted by Crippen LogP contribution is -2.22. The van der Waals surface area contributed by atoms with Crippen LogP contribution in [0.2, 0.25) is 5.02 Å². The number of hydrogen-bond acceptors (Lipinski definition) is 7. The van der Waals surface area contributed by atoms with Crippen molar-refractivity contribution in [3.63, 3.8) is 0 Å². The maximum atomic E-state index is 13.1. The molecule has 0 unspecified atom stereocenters. The van der Waals surface area contributed by atoms with Gasteiger partial charge in [0.05, 0.1) is 33.7 Å². The number of ether oxygens (including phenoxy) is 2. The van der Waals surface area contributed by atoms with Gasteiger partial charge < -0.3 is 9.47 Å². The third-order valence-electron chi connectivity index (χ3n) is 5.35. The molecule has 9 nitrogen and oxygen atoms in total. The van der Waals surface area contributed by atoms with Gasteiger partial charge in [0.15, 0.2) is 11.5 Å². The van der Waals surface area contributed by atoms with Crippen molar-refractivity contribution in [1.29, 1.82) is 0 Å². The van der Waals surface area contributed by atoms with E-state index in [0.717, 1.165) is 4.47 Å². The van der Waals surface area contributed by atoms with Crippen LogP contribution in [0.5, 0.6) is 11.5 Å². The van der Waals surface area contributed by atoms with Gasteiger partial charge in [0.2, 0.25) is 0 Å². The Morgan fingerprint density at radius 2 is 1.97 bits per heavy atom. The van der Waals surface area contributed by atoms with Crippen molar-refractivity contribution < 1.29 is 14.4 Å². The van der Waals surface area contributed by atoms with Crippen LogP contribution in [-0.2, 0) is 13.0 Å². The Morgan fingerprint density at radius 3 is 2.70 bits per heavy atom. The zero-order valence-electron chi connectivity index (χ0n) is 20.0. The summed E-state index contributed by atoms with van der Waals surface area (Å²) in [5, 5.41) is 16.2. The van der Waals surface area contributed by atoms with E-state index in [1.165, 1.54) is 23.0 Å². The fraction of sp³-hybridized carbons (Fsp3) is 0.192. The Kier molecular flexibility index (Phi) is 8.20. The van der Waals surface area contributed by atoms with Gasteiger partial charge in [-0.3, -0.25) is 14.9 Å². The van der Waals surface area contributed by atoms with Gasteiger partial charge in [0, 0.05) is 23.0 Å². The maximum absolute atomic E-state index is 13.1. The second-order valence-electron chi connectivity index (χ2n) is 7.88. The van der Waals surface area contributed by atoms with Gasteiger partial charge in [0.1, 0.15) is 12.4 Å². The van der Waals surface area contributed by atoms with Crippen LogP contribution in [0, 0.1) is 10.1 Å². The zero-order chi connectivity index (χ0) is 26.5. The molecule has 0 radical (unpaired) electrons. The number of rotatable bonds is 9. The number of nitro benzene ring substituents is 1. The van der Waals surface area contributed by atoms with Crippen molar-refractivity contribution >= 4 is 50.3 Å². The van der Waals surface area contributed by atoms with Crippen LogP contribution in [0.4, 0.5) is 5.69 Å². The molecular weight excluding hydrogens is 564 g/mol. The molecule has 0 aliphatic carbocycles. The van der Waals surface area contributed by atoms with Crippen molar-refractivity contribution in [2.75, 3.05) is 6.61 Å². The number of hydrogen-bond donors (Lipinski definition) is 0. The summed E-state index contributed by atoms with van der Waals surface area (Å²) in [6.45, 7) is 4.14. The Balaban J connectivity index is 1.66. The summed E-state index contributed by atoms with van der Waals surface area (Å²) < 4.78 is 13.7. The average Bonchev–Trinajstić information content (AvgIpc) is 2.88.